The molecular formula is C18H19N3O4. The molecule has 1 amide bonds. The third kappa shape index (κ3) is 2.97. The fourth-order valence-electron chi connectivity index (χ4n) is 3.56. The highest BCUT2D eigenvalue weighted by molar-refractivity contribution is 5.92. The summed E-state index contributed by atoms with van der Waals surface area (Å²) in [4.78, 5) is 23.8. The number of aromatic amines is 1. The molecule has 4 rings (SSSR count). The highest BCUT2D eigenvalue weighted by Gasteiger charge is 2.38. The van der Waals surface area contributed by atoms with E-state index in [-0.39, 0.29) is 17.2 Å². The number of rotatable bonds is 3. The predicted molar refractivity (Wildman–Crippen MR) is 89.9 cm³/mol. The number of benzene rings is 1. The minimum atomic E-state index is -0.454. The van der Waals surface area contributed by atoms with Gasteiger partial charge in [-0.15, -0.1) is 0 Å². The maximum Gasteiger partial charge on any atom is 0.272 e. The van der Waals surface area contributed by atoms with Gasteiger partial charge in [0.2, 0.25) is 0 Å². The van der Waals surface area contributed by atoms with E-state index in [1.807, 2.05) is 18.2 Å². The van der Waals surface area contributed by atoms with Gasteiger partial charge in [0.05, 0.1) is 5.54 Å². The van der Waals surface area contributed by atoms with E-state index in [1.54, 1.807) is 0 Å². The zero-order chi connectivity index (χ0) is 17.3. The van der Waals surface area contributed by atoms with Gasteiger partial charge in [0.1, 0.15) is 18.9 Å². The normalized spacial score (nSPS) is 17.9. The molecule has 0 bridgehead atoms. The van der Waals surface area contributed by atoms with Gasteiger partial charge in [-0.2, -0.15) is 5.10 Å². The number of hydrogen-bond acceptors (Lipinski definition) is 5. The zero-order valence-corrected chi connectivity index (χ0v) is 13.7. The lowest BCUT2D eigenvalue weighted by Gasteiger charge is -2.32. The standard InChI is InChI=1S/C18H19N3O4/c22-16-6-4-13(20-21-16)17(23)19-18(7-1-2-8-18)12-3-5-14-15(11-12)25-10-9-24-14/h3-6,11H,1-2,7-10H2,(H,19,23)(H,21,22). The minimum absolute atomic E-state index is 0.198. The van der Waals surface area contributed by atoms with Crippen molar-refractivity contribution in [2.24, 2.45) is 0 Å². The first kappa shape index (κ1) is 15.7. The fourth-order valence-corrected chi connectivity index (χ4v) is 3.56. The predicted octanol–water partition coefficient (Wildman–Crippen LogP) is 1.74. The van der Waals surface area contributed by atoms with Crippen LogP contribution in [0.2, 0.25) is 0 Å². The number of nitrogens with zero attached hydrogens (tertiary/aromatic N) is 1. The lowest BCUT2D eigenvalue weighted by Crippen LogP contribution is -2.44. The largest absolute Gasteiger partial charge is 0.486 e. The Morgan fingerprint density at radius 2 is 1.84 bits per heavy atom. The van der Waals surface area contributed by atoms with Crippen molar-refractivity contribution in [1.29, 1.82) is 0 Å². The van der Waals surface area contributed by atoms with Gasteiger partial charge in [-0.1, -0.05) is 18.9 Å². The second kappa shape index (κ2) is 6.23. The molecule has 1 fully saturated rings. The van der Waals surface area contributed by atoms with Gasteiger partial charge in [-0.3, -0.25) is 9.59 Å². The molecule has 0 radical (unpaired) electrons. The van der Waals surface area contributed by atoms with E-state index in [9.17, 15) is 9.59 Å². The topological polar surface area (TPSA) is 93.3 Å². The van der Waals surface area contributed by atoms with Crippen LogP contribution in [0.4, 0.5) is 0 Å². The van der Waals surface area contributed by atoms with Crippen LogP contribution in [0, 0.1) is 0 Å². The fraction of sp³-hybridized carbons (Fsp3) is 0.389. The Bertz CT molecular complexity index is 835. The van der Waals surface area contributed by atoms with E-state index >= 15 is 0 Å². The SMILES string of the molecule is O=C(NC1(c2ccc3c(c2)OCCO3)CCCC1)c1ccc(=O)[nH]n1. The van der Waals surface area contributed by atoms with Crippen LogP contribution in [-0.4, -0.2) is 29.3 Å². The van der Waals surface area contributed by atoms with Gasteiger partial charge in [-0.25, -0.2) is 5.10 Å². The summed E-state index contributed by atoms with van der Waals surface area (Å²) in [7, 11) is 0. The Kier molecular flexibility index (Phi) is 3.91. The lowest BCUT2D eigenvalue weighted by molar-refractivity contribution is 0.0891. The highest BCUT2D eigenvalue weighted by Crippen LogP contribution is 2.42. The number of H-pyrrole nitrogens is 1. The van der Waals surface area contributed by atoms with Gasteiger partial charge in [0.15, 0.2) is 11.5 Å². The van der Waals surface area contributed by atoms with Crippen molar-refractivity contribution in [3.8, 4) is 11.5 Å². The molecule has 2 N–H and O–H groups in total. The number of carbonyl (C=O) groups is 1. The first-order valence-corrected chi connectivity index (χ1v) is 8.45. The Hall–Kier alpha value is -2.83. The van der Waals surface area contributed by atoms with Crippen LogP contribution < -0.4 is 20.3 Å². The molecule has 0 atom stereocenters. The summed E-state index contributed by atoms with van der Waals surface area (Å²) in [6.07, 6.45) is 3.77. The van der Waals surface area contributed by atoms with Gasteiger partial charge < -0.3 is 14.8 Å². The molecular weight excluding hydrogens is 322 g/mol. The van der Waals surface area contributed by atoms with E-state index in [4.69, 9.17) is 9.47 Å². The van der Waals surface area contributed by atoms with Crippen LogP contribution in [0.5, 0.6) is 11.5 Å². The molecule has 1 aliphatic heterocycles. The van der Waals surface area contributed by atoms with Gasteiger partial charge in [0, 0.05) is 6.07 Å². The van der Waals surface area contributed by atoms with E-state index in [0.717, 1.165) is 37.0 Å². The molecule has 0 unspecified atom stereocenters. The number of amides is 1. The second-order valence-corrected chi connectivity index (χ2v) is 6.41. The van der Waals surface area contributed by atoms with Gasteiger partial charge in [-0.05, 0) is 36.6 Å². The van der Waals surface area contributed by atoms with Gasteiger partial charge >= 0.3 is 0 Å². The molecule has 0 saturated heterocycles. The van der Waals surface area contributed by atoms with Crippen LogP contribution in [0.1, 0.15) is 41.7 Å². The second-order valence-electron chi connectivity index (χ2n) is 6.41. The lowest BCUT2D eigenvalue weighted by atomic mass is 9.87. The molecule has 1 saturated carbocycles. The Labute approximate surface area is 144 Å². The highest BCUT2D eigenvalue weighted by atomic mass is 16.6. The molecule has 25 heavy (non-hydrogen) atoms. The number of aromatic nitrogens is 2. The van der Waals surface area contributed by atoms with E-state index in [0.29, 0.717) is 19.0 Å². The van der Waals surface area contributed by atoms with E-state index in [1.165, 1.54) is 12.1 Å². The van der Waals surface area contributed by atoms with Crippen molar-refractivity contribution in [2.45, 2.75) is 31.2 Å². The minimum Gasteiger partial charge on any atom is -0.486 e. The number of fused-ring (bicyclic) bond motifs is 1. The van der Waals surface area contributed by atoms with Crippen molar-refractivity contribution in [1.82, 2.24) is 15.5 Å². The van der Waals surface area contributed by atoms with Crippen LogP contribution >= 0.6 is 0 Å². The van der Waals surface area contributed by atoms with Crippen LogP contribution in [0.3, 0.4) is 0 Å². The molecule has 2 aromatic rings. The van der Waals surface area contributed by atoms with Crippen molar-refractivity contribution in [3.05, 3.63) is 51.9 Å². The summed E-state index contributed by atoms with van der Waals surface area (Å²) in [6.45, 7) is 1.07. The molecule has 2 heterocycles. The molecule has 7 nitrogen and oxygen atoms in total. The number of hydrogen-bond donors (Lipinski definition) is 2. The summed E-state index contributed by atoms with van der Waals surface area (Å²) in [5, 5.41) is 9.25. The Balaban J connectivity index is 1.64. The van der Waals surface area contributed by atoms with Crippen LogP contribution in [0.25, 0.3) is 0 Å². The maximum absolute atomic E-state index is 12.6. The van der Waals surface area contributed by atoms with Crippen molar-refractivity contribution >= 4 is 5.91 Å². The first-order valence-electron chi connectivity index (χ1n) is 8.45. The Morgan fingerprint density at radius 1 is 1.08 bits per heavy atom. The third-order valence-corrected chi connectivity index (χ3v) is 4.82. The van der Waals surface area contributed by atoms with Crippen molar-refractivity contribution in [2.75, 3.05) is 13.2 Å². The Morgan fingerprint density at radius 3 is 2.56 bits per heavy atom. The molecule has 0 spiro atoms. The molecule has 7 heteroatoms. The summed E-state index contributed by atoms with van der Waals surface area (Å²) in [5.74, 6) is 1.15. The number of ether oxygens (including phenoxy) is 2. The van der Waals surface area contributed by atoms with E-state index in [2.05, 4.69) is 15.5 Å². The quantitative estimate of drug-likeness (QED) is 0.887. The van der Waals surface area contributed by atoms with Crippen LogP contribution in [-0.2, 0) is 5.54 Å². The summed E-state index contributed by atoms with van der Waals surface area (Å²) in [6, 6.07) is 8.57. The molecule has 130 valence electrons. The molecule has 2 aliphatic rings. The molecule has 1 aliphatic carbocycles. The van der Waals surface area contributed by atoms with Crippen molar-refractivity contribution < 1.29 is 14.3 Å². The smallest absolute Gasteiger partial charge is 0.272 e. The monoisotopic (exact) mass is 341 g/mol. The van der Waals surface area contributed by atoms with Crippen LogP contribution in [0.15, 0.2) is 35.1 Å². The summed E-state index contributed by atoms with van der Waals surface area (Å²) in [5.41, 5.74) is 0.416. The maximum atomic E-state index is 12.6. The first-order chi connectivity index (χ1) is 12.2. The number of carbonyl (C=O) groups excluding carboxylic acids is 1. The zero-order valence-electron chi connectivity index (χ0n) is 13.7. The third-order valence-electron chi connectivity index (χ3n) is 4.82. The molecule has 1 aromatic carbocycles. The average molecular weight is 341 g/mol. The van der Waals surface area contributed by atoms with E-state index < -0.39 is 5.54 Å². The molecule has 1 aromatic heterocycles. The summed E-state index contributed by atoms with van der Waals surface area (Å²) >= 11 is 0. The van der Waals surface area contributed by atoms with Gasteiger partial charge in [0.25, 0.3) is 11.5 Å². The van der Waals surface area contributed by atoms with Crippen molar-refractivity contribution in [3.63, 3.8) is 0 Å². The average Bonchev–Trinajstić information content (AvgIpc) is 3.11. The number of nitrogens with one attached hydrogen (secondary N) is 2. The summed E-state index contributed by atoms with van der Waals surface area (Å²) < 4.78 is 11.3.